The second-order valence-electron chi connectivity index (χ2n) is 3.43. The molecule has 0 fully saturated rings. The fraction of sp³-hybridized carbons (Fsp3) is 0.0833. The van der Waals surface area contributed by atoms with Crippen LogP contribution < -0.4 is 0 Å². The molecule has 2 rings (SSSR count). The molecule has 0 amide bonds. The van der Waals surface area contributed by atoms with Crippen LogP contribution in [0.25, 0.3) is 0 Å². The maximum Gasteiger partial charge on any atom is 0.339 e. The number of furan rings is 1. The number of benzene rings is 1. The normalized spacial score (nSPS) is 12.4. The lowest BCUT2D eigenvalue weighted by Gasteiger charge is -2.10. The Bertz CT molecular complexity index is 547. The topological polar surface area (TPSA) is 70.7 Å². The lowest BCUT2D eigenvalue weighted by molar-refractivity contribution is 0.0687. The van der Waals surface area contributed by atoms with Crippen molar-refractivity contribution in [1.82, 2.24) is 0 Å². The average molecular weight is 236 g/mol. The molecule has 2 N–H and O–H groups in total. The average Bonchev–Trinajstić information content (AvgIpc) is 2.77. The third-order valence-corrected chi connectivity index (χ3v) is 2.37. The minimum absolute atomic E-state index is 0.0232. The van der Waals surface area contributed by atoms with Gasteiger partial charge in [0.25, 0.3) is 0 Å². The Kier molecular flexibility index (Phi) is 2.93. The summed E-state index contributed by atoms with van der Waals surface area (Å²) in [5.41, 5.74) is -0.203. The van der Waals surface area contributed by atoms with E-state index >= 15 is 0 Å². The van der Waals surface area contributed by atoms with E-state index in [1.165, 1.54) is 24.3 Å². The van der Waals surface area contributed by atoms with Crippen LogP contribution in [-0.4, -0.2) is 16.2 Å². The molecule has 0 aliphatic carbocycles. The zero-order valence-corrected chi connectivity index (χ0v) is 8.63. The van der Waals surface area contributed by atoms with Crippen molar-refractivity contribution >= 4 is 5.97 Å². The zero-order valence-electron chi connectivity index (χ0n) is 8.63. The number of halogens is 1. The van der Waals surface area contributed by atoms with E-state index in [4.69, 9.17) is 9.52 Å². The van der Waals surface area contributed by atoms with Crippen LogP contribution in [0.2, 0.25) is 0 Å². The Morgan fingerprint density at radius 3 is 2.65 bits per heavy atom. The first-order chi connectivity index (χ1) is 8.11. The molecule has 1 atom stereocenters. The molecule has 5 heteroatoms. The number of carboxylic acid groups (broad SMARTS) is 1. The lowest BCUT2D eigenvalue weighted by Crippen LogP contribution is -2.07. The Labute approximate surface area is 95.9 Å². The van der Waals surface area contributed by atoms with Gasteiger partial charge in [-0.15, -0.1) is 0 Å². The van der Waals surface area contributed by atoms with Gasteiger partial charge in [-0.2, -0.15) is 0 Å². The maximum atomic E-state index is 13.4. The van der Waals surface area contributed by atoms with Crippen molar-refractivity contribution in [1.29, 1.82) is 0 Å². The maximum absolute atomic E-state index is 13.4. The van der Waals surface area contributed by atoms with E-state index in [9.17, 15) is 14.3 Å². The first-order valence-corrected chi connectivity index (χ1v) is 4.84. The summed E-state index contributed by atoms with van der Waals surface area (Å²) in [6.07, 6.45) is -0.291. The highest BCUT2D eigenvalue weighted by Crippen LogP contribution is 2.27. The SMILES string of the molecule is O=C(O)c1ccoc1C(O)c1ccccc1F. The van der Waals surface area contributed by atoms with Crippen molar-refractivity contribution in [2.45, 2.75) is 6.10 Å². The summed E-state index contributed by atoms with van der Waals surface area (Å²) >= 11 is 0. The molecule has 1 aromatic carbocycles. The molecule has 1 heterocycles. The van der Waals surface area contributed by atoms with Crippen LogP contribution >= 0.6 is 0 Å². The van der Waals surface area contributed by atoms with Crippen LogP contribution in [0.4, 0.5) is 4.39 Å². The number of aliphatic hydroxyl groups is 1. The molecular weight excluding hydrogens is 227 g/mol. The minimum Gasteiger partial charge on any atom is -0.478 e. The van der Waals surface area contributed by atoms with Crippen LogP contribution in [0.3, 0.4) is 0 Å². The molecule has 0 spiro atoms. The van der Waals surface area contributed by atoms with Gasteiger partial charge in [0.05, 0.1) is 6.26 Å². The fourth-order valence-electron chi connectivity index (χ4n) is 1.55. The van der Waals surface area contributed by atoms with Gasteiger partial charge < -0.3 is 14.6 Å². The van der Waals surface area contributed by atoms with Crippen LogP contribution in [-0.2, 0) is 0 Å². The highest BCUT2D eigenvalue weighted by atomic mass is 19.1. The molecule has 1 aromatic heterocycles. The minimum atomic E-state index is -1.43. The van der Waals surface area contributed by atoms with Gasteiger partial charge >= 0.3 is 5.97 Å². The van der Waals surface area contributed by atoms with Crippen molar-refractivity contribution in [2.24, 2.45) is 0 Å². The fourth-order valence-corrected chi connectivity index (χ4v) is 1.55. The summed E-state index contributed by atoms with van der Waals surface area (Å²) in [6.45, 7) is 0. The molecule has 0 aliphatic rings. The molecule has 0 saturated heterocycles. The highest BCUT2D eigenvalue weighted by Gasteiger charge is 2.24. The number of carboxylic acids is 1. The summed E-state index contributed by atoms with van der Waals surface area (Å²) in [7, 11) is 0. The van der Waals surface area contributed by atoms with E-state index in [0.29, 0.717) is 0 Å². The van der Waals surface area contributed by atoms with Crippen LogP contribution in [0.15, 0.2) is 41.0 Å². The summed E-state index contributed by atoms with van der Waals surface area (Å²) < 4.78 is 18.3. The number of hydrogen-bond acceptors (Lipinski definition) is 3. The van der Waals surface area contributed by atoms with Crippen molar-refractivity contribution in [3.63, 3.8) is 0 Å². The Morgan fingerprint density at radius 2 is 2.00 bits per heavy atom. The summed E-state index contributed by atoms with van der Waals surface area (Å²) in [6, 6.07) is 6.79. The quantitative estimate of drug-likeness (QED) is 0.857. The third-order valence-electron chi connectivity index (χ3n) is 2.37. The van der Waals surface area contributed by atoms with E-state index in [0.717, 1.165) is 6.26 Å². The standard InChI is InChI=1S/C12H9FO4/c13-9-4-2-1-3-7(9)10(14)11-8(12(15)16)5-6-17-11/h1-6,10,14H,(H,15,16). The van der Waals surface area contributed by atoms with Gasteiger partial charge in [0.1, 0.15) is 17.5 Å². The smallest absolute Gasteiger partial charge is 0.339 e. The highest BCUT2D eigenvalue weighted by molar-refractivity contribution is 5.88. The van der Waals surface area contributed by atoms with Gasteiger partial charge in [-0.3, -0.25) is 0 Å². The molecule has 17 heavy (non-hydrogen) atoms. The number of hydrogen-bond donors (Lipinski definition) is 2. The zero-order chi connectivity index (χ0) is 12.4. The van der Waals surface area contributed by atoms with Gasteiger partial charge in [0.15, 0.2) is 5.76 Å². The number of rotatable bonds is 3. The summed E-state index contributed by atoms with van der Waals surface area (Å²) in [4.78, 5) is 10.8. The van der Waals surface area contributed by atoms with E-state index in [2.05, 4.69) is 0 Å². The van der Waals surface area contributed by atoms with E-state index in [1.807, 2.05) is 0 Å². The van der Waals surface area contributed by atoms with Crippen molar-refractivity contribution in [3.8, 4) is 0 Å². The molecule has 0 aliphatic heterocycles. The summed E-state index contributed by atoms with van der Waals surface area (Å²) in [5, 5.41) is 18.7. The Balaban J connectivity index is 2.44. The van der Waals surface area contributed by atoms with Gasteiger partial charge in [0.2, 0.25) is 0 Å². The molecule has 0 bridgehead atoms. The number of carbonyl (C=O) groups is 1. The van der Waals surface area contributed by atoms with E-state index < -0.39 is 17.9 Å². The monoisotopic (exact) mass is 236 g/mol. The molecule has 0 radical (unpaired) electrons. The predicted molar refractivity (Wildman–Crippen MR) is 56.1 cm³/mol. The molecule has 88 valence electrons. The van der Waals surface area contributed by atoms with Gasteiger partial charge in [-0.1, -0.05) is 18.2 Å². The van der Waals surface area contributed by atoms with Gasteiger partial charge in [0, 0.05) is 5.56 Å². The second-order valence-corrected chi connectivity index (χ2v) is 3.43. The first kappa shape index (κ1) is 11.3. The van der Waals surface area contributed by atoms with Gasteiger partial charge in [-0.25, -0.2) is 9.18 Å². The van der Waals surface area contributed by atoms with Crippen LogP contribution in [0, 0.1) is 5.82 Å². The van der Waals surface area contributed by atoms with Crippen LogP contribution in [0.5, 0.6) is 0 Å². The number of aromatic carboxylic acids is 1. The van der Waals surface area contributed by atoms with E-state index in [-0.39, 0.29) is 16.9 Å². The number of aliphatic hydroxyl groups excluding tert-OH is 1. The van der Waals surface area contributed by atoms with E-state index in [1.54, 1.807) is 6.07 Å². The van der Waals surface area contributed by atoms with Gasteiger partial charge in [-0.05, 0) is 12.1 Å². The lowest BCUT2D eigenvalue weighted by atomic mass is 10.0. The largest absolute Gasteiger partial charge is 0.478 e. The van der Waals surface area contributed by atoms with Crippen molar-refractivity contribution in [3.05, 3.63) is 59.3 Å². The molecule has 4 nitrogen and oxygen atoms in total. The van der Waals surface area contributed by atoms with Crippen LogP contribution in [0.1, 0.15) is 27.8 Å². The second kappa shape index (κ2) is 4.39. The van der Waals surface area contributed by atoms with Crippen molar-refractivity contribution in [2.75, 3.05) is 0 Å². The molecular formula is C12H9FO4. The summed E-state index contributed by atoms with van der Waals surface area (Å²) in [5.74, 6) is -2.03. The Morgan fingerprint density at radius 1 is 1.29 bits per heavy atom. The predicted octanol–water partition coefficient (Wildman–Crippen LogP) is 2.20. The molecule has 0 saturated carbocycles. The third kappa shape index (κ3) is 2.05. The Hall–Kier alpha value is -2.14. The first-order valence-electron chi connectivity index (χ1n) is 4.84. The van der Waals surface area contributed by atoms with Crippen molar-refractivity contribution < 1.29 is 23.8 Å². The molecule has 1 unspecified atom stereocenters. The molecule has 2 aromatic rings.